The Kier molecular flexibility index (Phi) is 1.59. The monoisotopic (exact) mass is 316 g/mol. The fraction of sp³-hybridized carbons (Fsp3) is 0.727. The van der Waals surface area contributed by atoms with Crippen LogP contribution in [0.5, 0.6) is 0 Å². The van der Waals surface area contributed by atoms with Crippen LogP contribution in [0.4, 0.5) is 5.82 Å². The molecule has 80 valence electrons. The molecule has 3 nitrogen and oxygen atoms in total. The molecule has 1 aromatic heterocycles. The van der Waals surface area contributed by atoms with Crippen molar-refractivity contribution < 1.29 is 4.52 Å². The molecule has 0 spiro atoms. The summed E-state index contributed by atoms with van der Waals surface area (Å²) in [5, 5.41) is 3.87. The molecule has 2 N–H and O–H groups in total. The minimum atomic E-state index is 0.572. The summed E-state index contributed by atoms with van der Waals surface area (Å²) < 4.78 is 6.46. The lowest BCUT2D eigenvalue weighted by Crippen LogP contribution is -1.97. The van der Waals surface area contributed by atoms with Crippen molar-refractivity contribution in [1.29, 1.82) is 0 Å². The molecule has 0 aliphatic heterocycles. The lowest BCUT2D eigenvalue weighted by molar-refractivity contribution is 0.363. The topological polar surface area (TPSA) is 52.0 Å². The summed E-state index contributed by atoms with van der Waals surface area (Å²) in [5.41, 5.74) is 5.73. The highest BCUT2D eigenvalue weighted by Crippen LogP contribution is 2.73. The molecule has 4 atom stereocenters. The van der Waals surface area contributed by atoms with Crippen LogP contribution < -0.4 is 5.73 Å². The summed E-state index contributed by atoms with van der Waals surface area (Å²) in [6.45, 7) is 0. The first-order valence-electron chi connectivity index (χ1n) is 5.68. The van der Waals surface area contributed by atoms with Crippen LogP contribution in [0.15, 0.2) is 4.52 Å². The van der Waals surface area contributed by atoms with Gasteiger partial charge in [0.05, 0.1) is 3.57 Å². The van der Waals surface area contributed by atoms with Gasteiger partial charge in [-0.25, -0.2) is 0 Å². The van der Waals surface area contributed by atoms with Crippen molar-refractivity contribution in [2.24, 2.45) is 23.7 Å². The lowest BCUT2D eigenvalue weighted by Gasteiger charge is -2.05. The predicted octanol–water partition coefficient (Wildman–Crippen LogP) is 2.62. The van der Waals surface area contributed by atoms with Crippen LogP contribution in [0.25, 0.3) is 0 Å². The molecule has 15 heavy (non-hydrogen) atoms. The van der Waals surface area contributed by atoms with Gasteiger partial charge in [-0.3, -0.25) is 0 Å². The Morgan fingerprint density at radius 3 is 2.47 bits per heavy atom. The molecule has 4 unspecified atom stereocenters. The number of hydrogen-bond acceptors (Lipinski definition) is 3. The molecular formula is C11H13IN2O. The Bertz CT molecular complexity index is 414. The van der Waals surface area contributed by atoms with Gasteiger partial charge in [-0.15, -0.1) is 0 Å². The van der Waals surface area contributed by atoms with Crippen molar-refractivity contribution >= 4 is 28.4 Å². The summed E-state index contributed by atoms with van der Waals surface area (Å²) in [4.78, 5) is 0. The molecular weight excluding hydrogens is 303 g/mol. The zero-order chi connectivity index (χ0) is 10.2. The van der Waals surface area contributed by atoms with E-state index >= 15 is 0 Å². The Balaban J connectivity index is 1.70. The van der Waals surface area contributed by atoms with Gasteiger partial charge in [-0.1, -0.05) is 5.16 Å². The number of fused-ring (bicyclic) bond motifs is 5. The first kappa shape index (κ1) is 8.84. The Labute approximate surface area is 102 Å². The minimum absolute atomic E-state index is 0.572. The van der Waals surface area contributed by atoms with Gasteiger partial charge in [-0.05, 0) is 65.5 Å². The molecule has 1 aromatic rings. The fourth-order valence-corrected chi connectivity index (χ4v) is 4.74. The first-order valence-corrected chi connectivity index (χ1v) is 6.76. The van der Waals surface area contributed by atoms with Crippen molar-refractivity contribution in [3.8, 4) is 0 Å². The largest absolute Gasteiger partial charge is 0.380 e. The molecule has 3 aliphatic rings. The molecule has 4 rings (SSSR count). The summed E-state index contributed by atoms with van der Waals surface area (Å²) in [5.74, 6) is 6.09. The van der Waals surface area contributed by atoms with Crippen molar-refractivity contribution in [2.75, 3.05) is 5.73 Å². The molecule has 3 fully saturated rings. The average Bonchev–Trinajstić information content (AvgIpc) is 2.60. The van der Waals surface area contributed by atoms with Crippen LogP contribution in [0.2, 0.25) is 0 Å². The van der Waals surface area contributed by atoms with E-state index in [4.69, 9.17) is 10.3 Å². The third-order valence-corrected chi connectivity index (χ3v) is 5.81. The average molecular weight is 316 g/mol. The van der Waals surface area contributed by atoms with E-state index in [1.807, 2.05) is 0 Å². The number of nitrogens with zero attached hydrogens (tertiary/aromatic N) is 1. The summed E-state index contributed by atoms with van der Waals surface area (Å²) in [6, 6.07) is 0. The van der Waals surface area contributed by atoms with E-state index < -0.39 is 0 Å². The number of hydrogen-bond donors (Lipinski definition) is 1. The van der Waals surface area contributed by atoms with Gasteiger partial charge in [0, 0.05) is 5.92 Å². The molecule has 0 radical (unpaired) electrons. The van der Waals surface area contributed by atoms with Crippen molar-refractivity contribution in [1.82, 2.24) is 5.16 Å². The molecule has 2 bridgehead atoms. The number of anilines is 1. The number of rotatable bonds is 1. The predicted molar refractivity (Wildman–Crippen MR) is 64.2 cm³/mol. The maximum Gasteiger partial charge on any atom is 0.180 e. The lowest BCUT2D eigenvalue weighted by atomic mass is 10.0. The molecule has 1 heterocycles. The van der Waals surface area contributed by atoms with Crippen LogP contribution in [0.1, 0.15) is 30.9 Å². The van der Waals surface area contributed by atoms with Gasteiger partial charge in [0.2, 0.25) is 0 Å². The van der Waals surface area contributed by atoms with E-state index in [0.29, 0.717) is 11.7 Å². The number of aromatic nitrogens is 1. The van der Waals surface area contributed by atoms with Gasteiger partial charge in [-0.2, -0.15) is 0 Å². The quantitative estimate of drug-likeness (QED) is 0.810. The van der Waals surface area contributed by atoms with Crippen LogP contribution >= 0.6 is 22.6 Å². The van der Waals surface area contributed by atoms with Gasteiger partial charge >= 0.3 is 0 Å². The smallest absolute Gasteiger partial charge is 0.180 e. The Hall–Kier alpha value is -0.260. The van der Waals surface area contributed by atoms with Crippen LogP contribution in [0.3, 0.4) is 0 Å². The molecule has 4 heteroatoms. The molecule has 0 aromatic carbocycles. The molecule has 0 amide bonds. The maximum atomic E-state index is 5.73. The van der Waals surface area contributed by atoms with E-state index in [0.717, 1.165) is 33.0 Å². The zero-order valence-corrected chi connectivity index (χ0v) is 10.5. The minimum Gasteiger partial charge on any atom is -0.380 e. The summed E-state index contributed by atoms with van der Waals surface area (Å²) in [6.07, 6.45) is 4.37. The normalized spacial score (nSPS) is 45.8. The molecule has 3 saturated carbocycles. The van der Waals surface area contributed by atoms with Crippen molar-refractivity contribution in [3.63, 3.8) is 0 Å². The first-order chi connectivity index (χ1) is 7.27. The highest BCUT2D eigenvalue weighted by molar-refractivity contribution is 14.1. The van der Waals surface area contributed by atoms with Gasteiger partial charge in [0.15, 0.2) is 11.6 Å². The second kappa shape index (κ2) is 2.70. The Morgan fingerprint density at radius 1 is 1.27 bits per heavy atom. The van der Waals surface area contributed by atoms with Gasteiger partial charge < -0.3 is 10.3 Å². The van der Waals surface area contributed by atoms with E-state index in [-0.39, 0.29) is 0 Å². The van der Waals surface area contributed by atoms with Crippen molar-refractivity contribution in [3.05, 3.63) is 9.33 Å². The highest BCUT2D eigenvalue weighted by atomic mass is 127. The molecule has 3 aliphatic carbocycles. The van der Waals surface area contributed by atoms with E-state index in [9.17, 15) is 0 Å². The van der Waals surface area contributed by atoms with Gasteiger partial charge in [0.25, 0.3) is 0 Å². The van der Waals surface area contributed by atoms with Crippen molar-refractivity contribution in [2.45, 2.75) is 25.2 Å². The number of nitrogen functional groups attached to an aromatic ring is 1. The Morgan fingerprint density at radius 2 is 1.93 bits per heavy atom. The van der Waals surface area contributed by atoms with Crippen LogP contribution in [-0.4, -0.2) is 5.16 Å². The zero-order valence-electron chi connectivity index (χ0n) is 8.32. The fourth-order valence-electron chi connectivity index (χ4n) is 4.19. The van der Waals surface area contributed by atoms with E-state index in [2.05, 4.69) is 27.7 Å². The third-order valence-electron chi connectivity index (χ3n) is 4.72. The van der Waals surface area contributed by atoms with E-state index in [1.165, 1.54) is 19.3 Å². The van der Waals surface area contributed by atoms with Gasteiger partial charge in [0.1, 0.15) is 0 Å². The SMILES string of the molecule is Nc1noc(C2C3C4CCC(C4)C23)c1I. The number of nitrogens with two attached hydrogens (primary N) is 1. The summed E-state index contributed by atoms with van der Waals surface area (Å²) in [7, 11) is 0. The van der Waals surface area contributed by atoms with E-state index in [1.54, 1.807) is 0 Å². The molecule has 0 saturated heterocycles. The highest BCUT2D eigenvalue weighted by Gasteiger charge is 2.67. The third kappa shape index (κ3) is 0.990. The second-order valence-electron chi connectivity index (χ2n) is 5.26. The summed E-state index contributed by atoms with van der Waals surface area (Å²) >= 11 is 2.27. The second-order valence-corrected chi connectivity index (χ2v) is 6.34. The van der Waals surface area contributed by atoms with Crippen LogP contribution in [-0.2, 0) is 0 Å². The van der Waals surface area contributed by atoms with Crippen LogP contribution in [0, 0.1) is 27.2 Å². The number of halogens is 1. The standard InChI is InChI=1S/C11H13IN2O/c12-9-10(15-14-11(9)13)8-6-4-1-2-5(3-4)7(6)8/h4-8H,1-3H2,(H2,13,14). The maximum absolute atomic E-state index is 5.73.